The summed E-state index contributed by atoms with van der Waals surface area (Å²) in [5.41, 5.74) is 3.57. The summed E-state index contributed by atoms with van der Waals surface area (Å²) in [5.74, 6) is 0.707. The number of hydrogen-bond acceptors (Lipinski definition) is 3. The fourth-order valence-corrected chi connectivity index (χ4v) is 3.51. The average molecular weight is 306 g/mol. The number of anilines is 1. The van der Waals surface area contributed by atoms with Crippen LogP contribution < -0.4 is 5.32 Å². The highest BCUT2D eigenvalue weighted by atomic mass is 15.2. The van der Waals surface area contributed by atoms with E-state index in [1.54, 1.807) is 0 Å². The molecule has 0 saturated heterocycles. The van der Waals surface area contributed by atoms with Gasteiger partial charge in [-0.15, -0.1) is 0 Å². The molecular weight excluding hydrogens is 284 g/mol. The van der Waals surface area contributed by atoms with Gasteiger partial charge in [-0.3, -0.25) is 0 Å². The molecule has 1 fully saturated rings. The third kappa shape index (κ3) is 2.81. The second-order valence-electron chi connectivity index (χ2n) is 6.43. The average Bonchev–Trinajstić information content (AvgIpc) is 3.22. The molecule has 1 N–H and O–H groups in total. The van der Waals surface area contributed by atoms with Crippen molar-refractivity contribution in [1.29, 1.82) is 0 Å². The molecule has 0 radical (unpaired) electrons. The van der Waals surface area contributed by atoms with Gasteiger partial charge in [-0.25, -0.2) is 4.98 Å². The standard InChI is InChI=1S/C19H22N4/c1-14-13-23(16-9-5-6-10-16)18-17(14)12-21-19(22-18)20-11-15-7-3-2-4-8-15/h2-4,7-8,12-13,16H,5-6,9-11H2,1H3,(H,20,21,22). The van der Waals surface area contributed by atoms with Gasteiger partial charge in [0.25, 0.3) is 0 Å². The third-order valence-corrected chi connectivity index (χ3v) is 4.78. The van der Waals surface area contributed by atoms with Crippen LogP contribution in [0.2, 0.25) is 0 Å². The van der Waals surface area contributed by atoms with Crippen molar-refractivity contribution >= 4 is 17.0 Å². The zero-order valence-corrected chi connectivity index (χ0v) is 13.5. The molecule has 1 aliphatic rings. The quantitative estimate of drug-likeness (QED) is 0.773. The molecule has 4 heteroatoms. The van der Waals surface area contributed by atoms with Crippen molar-refractivity contribution in [3.8, 4) is 0 Å². The van der Waals surface area contributed by atoms with Gasteiger partial charge >= 0.3 is 0 Å². The van der Waals surface area contributed by atoms with E-state index in [-0.39, 0.29) is 0 Å². The van der Waals surface area contributed by atoms with Crippen LogP contribution in [0.25, 0.3) is 11.0 Å². The molecule has 1 saturated carbocycles. The van der Waals surface area contributed by atoms with Crippen molar-refractivity contribution in [2.24, 2.45) is 0 Å². The lowest BCUT2D eigenvalue weighted by molar-refractivity contribution is 0.531. The summed E-state index contributed by atoms with van der Waals surface area (Å²) >= 11 is 0. The summed E-state index contributed by atoms with van der Waals surface area (Å²) in [6, 6.07) is 10.9. The molecule has 118 valence electrons. The minimum Gasteiger partial charge on any atom is -0.350 e. The molecule has 0 bridgehead atoms. The van der Waals surface area contributed by atoms with Crippen molar-refractivity contribution in [3.63, 3.8) is 0 Å². The second kappa shape index (κ2) is 6.03. The first kappa shape index (κ1) is 14.2. The fraction of sp³-hybridized carbons (Fsp3) is 0.368. The number of aromatic nitrogens is 3. The van der Waals surface area contributed by atoms with Crippen LogP contribution in [-0.2, 0) is 6.54 Å². The SMILES string of the molecule is Cc1cn(C2CCCC2)c2nc(NCc3ccccc3)ncc12. The molecule has 0 atom stereocenters. The number of benzene rings is 1. The minimum atomic E-state index is 0.600. The second-order valence-corrected chi connectivity index (χ2v) is 6.43. The van der Waals surface area contributed by atoms with E-state index < -0.39 is 0 Å². The van der Waals surface area contributed by atoms with Crippen molar-refractivity contribution in [1.82, 2.24) is 14.5 Å². The Morgan fingerprint density at radius 3 is 2.74 bits per heavy atom. The van der Waals surface area contributed by atoms with Crippen LogP contribution in [0.4, 0.5) is 5.95 Å². The van der Waals surface area contributed by atoms with Gasteiger partial charge in [-0.1, -0.05) is 43.2 Å². The van der Waals surface area contributed by atoms with Crippen molar-refractivity contribution < 1.29 is 0 Å². The maximum atomic E-state index is 4.80. The fourth-order valence-electron chi connectivity index (χ4n) is 3.51. The summed E-state index contributed by atoms with van der Waals surface area (Å²) in [6.07, 6.45) is 9.38. The predicted molar refractivity (Wildman–Crippen MR) is 93.5 cm³/mol. The molecule has 4 rings (SSSR count). The highest BCUT2D eigenvalue weighted by molar-refractivity contribution is 5.80. The van der Waals surface area contributed by atoms with Crippen molar-refractivity contribution in [3.05, 3.63) is 53.9 Å². The van der Waals surface area contributed by atoms with Gasteiger partial charge in [0.05, 0.1) is 0 Å². The Morgan fingerprint density at radius 2 is 1.96 bits per heavy atom. The largest absolute Gasteiger partial charge is 0.350 e. The van der Waals surface area contributed by atoms with Gasteiger partial charge in [0.2, 0.25) is 5.95 Å². The van der Waals surface area contributed by atoms with Crippen molar-refractivity contribution in [2.45, 2.75) is 45.2 Å². The first-order valence-corrected chi connectivity index (χ1v) is 8.43. The van der Waals surface area contributed by atoms with E-state index >= 15 is 0 Å². The van der Waals surface area contributed by atoms with Crippen molar-refractivity contribution in [2.75, 3.05) is 5.32 Å². The summed E-state index contributed by atoms with van der Waals surface area (Å²) in [6.45, 7) is 2.89. The lowest BCUT2D eigenvalue weighted by Gasteiger charge is -2.13. The van der Waals surface area contributed by atoms with Crippen LogP contribution >= 0.6 is 0 Å². The van der Waals surface area contributed by atoms with Crippen LogP contribution in [0.5, 0.6) is 0 Å². The molecule has 2 aromatic heterocycles. The van der Waals surface area contributed by atoms with Gasteiger partial charge in [-0.05, 0) is 30.9 Å². The number of nitrogens with zero attached hydrogens (tertiary/aromatic N) is 3. The summed E-state index contributed by atoms with van der Waals surface area (Å²) in [7, 11) is 0. The third-order valence-electron chi connectivity index (χ3n) is 4.78. The number of aryl methyl sites for hydroxylation is 1. The molecule has 0 spiro atoms. The van der Waals surface area contributed by atoms with Crippen LogP contribution in [0, 0.1) is 6.92 Å². The first-order chi connectivity index (χ1) is 11.3. The van der Waals surface area contributed by atoms with Gasteiger partial charge in [0.15, 0.2) is 0 Å². The summed E-state index contributed by atoms with van der Waals surface area (Å²) < 4.78 is 2.37. The zero-order valence-electron chi connectivity index (χ0n) is 13.5. The molecule has 3 aromatic rings. The highest BCUT2D eigenvalue weighted by Gasteiger charge is 2.20. The summed E-state index contributed by atoms with van der Waals surface area (Å²) in [5, 5.41) is 4.51. The molecule has 4 nitrogen and oxygen atoms in total. The Hall–Kier alpha value is -2.36. The van der Waals surface area contributed by atoms with E-state index in [9.17, 15) is 0 Å². The molecular formula is C19H22N4. The molecule has 0 unspecified atom stereocenters. The van der Waals surface area contributed by atoms with Gasteiger partial charge in [-0.2, -0.15) is 4.98 Å². The molecule has 0 amide bonds. The van der Waals surface area contributed by atoms with E-state index in [0.717, 1.165) is 12.2 Å². The monoisotopic (exact) mass is 306 g/mol. The molecule has 1 aromatic carbocycles. The molecule has 2 heterocycles. The Morgan fingerprint density at radius 1 is 1.17 bits per heavy atom. The van der Waals surface area contributed by atoms with E-state index in [2.05, 4.69) is 52.3 Å². The Bertz CT molecular complexity index is 801. The maximum absolute atomic E-state index is 4.80. The van der Waals surface area contributed by atoms with E-state index in [4.69, 9.17) is 4.98 Å². The number of rotatable bonds is 4. The predicted octanol–water partition coefficient (Wildman–Crippen LogP) is 4.47. The van der Waals surface area contributed by atoms with E-state index in [0.29, 0.717) is 12.0 Å². The Labute approximate surface area is 136 Å². The number of fused-ring (bicyclic) bond motifs is 1. The van der Waals surface area contributed by atoms with Crippen LogP contribution in [0.1, 0.15) is 42.9 Å². The smallest absolute Gasteiger partial charge is 0.224 e. The maximum Gasteiger partial charge on any atom is 0.224 e. The van der Waals surface area contributed by atoms with Gasteiger partial charge < -0.3 is 9.88 Å². The molecule has 0 aliphatic heterocycles. The van der Waals surface area contributed by atoms with Crippen LogP contribution in [-0.4, -0.2) is 14.5 Å². The van der Waals surface area contributed by atoms with Crippen LogP contribution in [0.15, 0.2) is 42.7 Å². The van der Waals surface area contributed by atoms with Gasteiger partial charge in [0.1, 0.15) is 5.65 Å². The minimum absolute atomic E-state index is 0.600. The molecule has 23 heavy (non-hydrogen) atoms. The normalized spacial score (nSPS) is 15.3. The topological polar surface area (TPSA) is 42.7 Å². The highest BCUT2D eigenvalue weighted by Crippen LogP contribution is 2.33. The lowest BCUT2D eigenvalue weighted by Crippen LogP contribution is -2.07. The van der Waals surface area contributed by atoms with E-state index in [1.165, 1.54) is 42.2 Å². The summed E-state index contributed by atoms with van der Waals surface area (Å²) in [4.78, 5) is 9.28. The Kier molecular flexibility index (Phi) is 3.74. The van der Waals surface area contributed by atoms with E-state index in [1.807, 2.05) is 12.3 Å². The number of hydrogen-bond donors (Lipinski definition) is 1. The lowest BCUT2D eigenvalue weighted by atomic mass is 10.2. The first-order valence-electron chi connectivity index (χ1n) is 8.43. The molecule has 1 aliphatic carbocycles. The Balaban J connectivity index is 1.62. The van der Waals surface area contributed by atoms with Crippen LogP contribution in [0.3, 0.4) is 0 Å². The number of nitrogens with one attached hydrogen (secondary N) is 1. The van der Waals surface area contributed by atoms with Gasteiger partial charge in [0, 0.05) is 30.4 Å². The zero-order chi connectivity index (χ0) is 15.6.